The van der Waals surface area contributed by atoms with E-state index in [1.54, 1.807) is 11.8 Å². The van der Waals surface area contributed by atoms with Gasteiger partial charge in [0.05, 0.1) is 0 Å². The highest BCUT2D eigenvalue weighted by Crippen LogP contribution is 2.00. The Morgan fingerprint density at radius 1 is 1.50 bits per heavy atom. The number of hydrogen-bond acceptors (Lipinski definition) is 1. The molecule has 0 saturated heterocycles. The summed E-state index contributed by atoms with van der Waals surface area (Å²) < 4.78 is 0. The minimum absolute atomic E-state index is 1.19. The van der Waals surface area contributed by atoms with Gasteiger partial charge in [0.1, 0.15) is 0 Å². The van der Waals surface area contributed by atoms with Crippen LogP contribution in [0.5, 0.6) is 0 Å². The van der Waals surface area contributed by atoms with Crippen molar-refractivity contribution in [2.75, 3.05) is 5.75 Å². The van der Waals surface area contributed by atoms with E-state index in [1.165, 1.54) is 18.6 Å². The Bertz CT molecular complexity index is 86.3. The van der Waals surface area contributed by atoms with Crippen molar-refractivity contribution in [2.45, 2.75) is 26.7 Å². The smallest absolute Gasteiger partial charge is 0.00565 e. The summed E-state index contributed by atoms with van der Waals surface area (Å²) >= 11 is 1.72. The average molecular weight is 128 g/mol. The molecule has 0 amide bonds. The summed E-state index contributed by atoms with van der Waals surface area (Å²) in [5, 5.41) is 2.95. The second kappa shape index (κ2) is 6.91. The molecule has 0 atom stereocenters. The highest BCUT2D eigenvalue weighted by Gasteiger charge is 1.78. The monoisotopic (exact) mass is 128 g/mol. The van der Waals surface area contributed by atoms with Crippen LogP contribution in [0, 0.1) is 11.2 Å². The van der Waals surface area contributed by atoms with Crippen molar-refractivity contribution in [2.24, 2.45) is 0 Å². The fourth-order valence-electron chi connectivity index (χ4n) is 0.340. The van der Waals surface area contributed by atoms with Gasteiger partial charge in [-0.15, -0.1) is 0 Å². The molecule has 0 aromatic carbocycles. The van der Waals surface area contributed by atoms with Gasteiger partial charge in [0.25, 0.3) is 0 Å². The zero-order valence-electron chi connectivity index (χ0n) is 5.53. The molecular formula is C7H12S. The van der Waals surface area contributed by atoms with E-state index in [1.807, 2.05) is 6.92 Å². The van der Waals surface area contributed by atoms with Crippen LogP contribution in [0.4, 0.5) is 0 Å². The third-order valence-corrected chi connectivity index (χ3v) is 1.62. The van der Waals surface area contributed by atoms with Gasteiger partial charge in [0.15, 0.2) is 0 Å². The fourth-order valence-corrected chi connectivity index (χ4v) is 1.02. The van der Waals surface area contributed by atoms with E-state index in [9.17, 15) is 0 Å². The van der Waals surface area contributed by atoms with Gasteiger partial charge < -0.3 is 0 Å². The first-order chi connectivity index (χ1) is 3.91. The van der Waals surface area contributed by atoms with Crippen molar-refractivity contribution in [3.05, 3.63) is 0 Å². The van der Waals surface area contributed by atoms with Crippen molar-refractivity contribution < 1.29 is 0 Å². The summed E-state index contributed by atoms with van der Waals surface area (Å²) in [5.74, 6) is 4.03. The van der Waals surface area contributed by atoms with Crippen LogP contribution < -0.4 is 0 Å². The summed E-state index contributed by atoms with van der Waals surface area (Å²) in [5.41, 5.74) is 0. The SMILES string of the molecule is CC#CSCCCC. The van der Waals surface area contributed by atoms with Gasteiger partial charge in [-0.25, -0.2) is 0 Å². The molecule has 0 aliphatic carbocycles. The van der Waals surface area contributed by atoms with Crippen LogP contribution in [0.3, 0.4) is 0 Å². The Labute approximate surface area is 56.1 Å². The summed E-state index contributed by atoms with van der Waals surface area (Å²) in [7, 11) is 0. The standard InChI is InChI=1S/C7H12S/c1-3-5-7-8-6-4-2/h3,5,7H2,1-2H3. The van der Waals surface area contributed by atoms with E-state index in [4.69, 9.17) is 0 Å². The van der Waals surface area contributed by atoms with Crippen LogP contribution in [0.15, 0.2) is 0 Å². The van der Waals surface area contributed by atoms with Gasteiger partial charge in [-0.05, 0) is 18.6 Å². The molecule has 0 rings (SSSR count). The zero-order chi connectivity index (χ0) is 6.24. The molecule has 0 radical (unpaired) electrons. The molecule has 1 heteroatoms. The topological polar surface area (TPSA) is 0 Å². The number of thioether (sulfide) groups is 1. The largest absolute Gasteiger partial charge is 0.0947 e. The molecule has 0 heterocycles. The van der Waals surface area contributed by atoms with Crippen LogP contribution in [0.1, 0.15) is 26.7 Å². The zero-order valence-corrected chi connectivity index (χ0v) is 6.35. The quantitative estimate of drug-likeness (QED) is 0.415. The van der Waals surface area contributed by atoms with Gasteiger partial charge >= 0.3 is 0 Å². The summed E-state index contributed by atoms with van der Waals surface area (Å²) in [6, 6.07) is 0. The van der Waals surface area contributed by atoms with Gasteiger partial charge in [-0.2, -0.15) is 0 Å². The minimum atomic E-state index is 1.19. The first-order valence-electron chi connectivity index (χ1n) is 2.95. The summed E-state index contributed by atoms with van der Waals surface area (Å²) in [4.78, 5) is 0. The normalized spacial score (nSPS) is 7.75. The molecule has 0 spiro atoms. The number of hydrogen-bond donors (Lipinski definition) is 0. The molecule has 0 fully saturated rings. The molecule has 8 heavy (non-hydrogen) atoms. The first-order valence-corrected chi connectivity index (χ1v) is 3.94. The average Bonchev–Trinajstić information content (AvgIpc) is 1.81. The minimum Gasteiger partial charge on any atom is -0.0947 e. The lowest BCUT2D eigenvalue weighted by atomic mass is 10.4. The lowest BCUT2D eigenvalue weighted by molar-refractivity contribution is 0.898. The van der Waals surface area contributed by atoms with E-state index in [-0.39, 0.29) is 0 Å². The summed E-state index contributed by atoms with van der Waals surface area (Å²) in [6.45, 7) is 4.07. The second-order valence-corrected chi connectivity index (χ2v) is 2.46. The van der Waals surface area contributed by atoms with E-state index >= 15 is 0 Å². The molecule has 0 nitrogen and oxygen atoms in total. The highest BCUT2D eigenvalue weighted by molar-refractivity contribution is 8.03. The van der Waals surface area contributed by atoms with Crippen LogP contribution in [0.2, 0.25) is 0 Å². The van der Waals surface area contributed by atoms with Gasteiger partial charge in [-0.3, -0.25) is 0 Å². The van der Waals surface area contributed by atoms with Crippen molar-refractivity contribution in [3.63, 3.8) is 0 Å². The van der Waals surface area contributed by atoms with E-state index in [0.29, 0.717) is 0 Å². The van der Waals surface area contributed by atoms with E-state index in [0.717, 1.165) is 0 Å². The molecule has 0 bridgehead atoms. The third-order valence-electron chi connectivity index (χ3n) is 0.774. The number of rotatable bonds is 3. The molecule has 0 aromatic heterocycles. The van der Waals surface area contributed by atoms with E-state index in [2.05, 4.69) is 18.1 Å². The number of unbranched alkanes of at least 4 members (excludes halogenated alkanes) is 1. The Kier molecular flexibility index (Phi) is 6.83. The molecule has 0 aliphatic heterocycles. The van der Waals surface area contributed by atoms with Crippen molar-refractivity contribution in [1.82, 2.24) is 0 Å². The van der Waals surface area contributed by atoms with Gasteiger partial charge in [0.2, 0.25) is 0 Å². The molecular weight excluding hydrogens is 116 g/mol. The Morgan fingerprint density at radius 3 is 2.75 bits per heavy atom. The summed E-state index contributed by atoms with van der Waals surface area (Å²) in [6.07, 6.45) is 2.57. The fraction of sp³-hybridized carbons (Fsp3) is 0.714. The second-order valence-electron chi connectivity index (χ2n) is 1.55. The predicted molar refractivity (Wildman–Crippen MR) is 40.8 cm³/mol. The molecule has 46 valence electrons. The van der Waals surface area contributed by atoms with Gasteiger partial charge in [0, 0.05) is 5.75 Å². The maximum Gasteiger partial charge on any atom is 0.00565 e. The first kappa shape index (κ1) is 7.91. The van der Waals surface area contributed by atoms with Crippen LogP contribution in [0.25, 0.3) is 0 Å². The highest BCUT2D eigenvalue weighted by atomic mass is 32.2. The Balaban J connectivity index is 2.79. The molecule has 0 N–H and O–H groups in total. The van der Waals surface area contributed by atoms with Gasteiger partial charge in [-0.1, -0.05) is 31.0 Å². The molecule has 0 unspecified atom stereocenters. The lowest BCUT2D eigenvalue weighted by Crippen LogP contribution is -1.71. The lowest BCUT2D eigenvalue weighted by Gasteiger charge is -1.86. The van der Waals surface area contributed by atoms with Crippen molar-refractivity contribution in [3.8, 4) is 11.2 Å². The predicted octanol–water partition coefficient (Wildman–Crippen LogP) is 2.50. The third kappa shape index (κ3) is 5.91. The van der Waals surface area contributed by atoms with Crippen molar-refractivity contribution in [1.29, 1.82) is 0 Å². The molecule has 0 saturated carbocycles. The van der Waals surface area contributed by atoms with Crippen molar-refractivity contribution >= 4 is 11.8 Å². The van der Waals surface area contributed by atoms with E-state index < -0.39 is 0 Å². The van der Waals surface area contributed by atoms with Crippen LogP contribution in [-0.2, 0) is 0 Å². The maximum absolute atomic E-state index is 2.95. The molecule has 0 aromatic rings. The van der Waals surface area contributed by atoms with Crippen LogP contribution in [-0.4, -0.2) is 5.75 Å². The Morgan fingerprint density at radius 2 is 2.25 bits per heavy atom. The maximum atomic E-state index is 2.95. The van der Waals surface area contributed by atoms with Crippen LogP contribution >= 0.6 is 11.8 Å². The molecule has 0 aliphatic rings. The Hall–Kier alpha value is -0.0900.